The van der Waals surface area contributed by atoms with Crippen molar-refractivity contribution in [3.05, 3.63) is 84.1 Å². The van der Waals surface area contributed by atoms with Gasteiger partial charge in [-0.25, -0.2) is 10.2 Å². The predicted octanol–water partition coefficient (Wildman–Crippen LogP) is 2.66. The average Bonchev–Trinajstić information content (AvgIpc) is 3.19. The van der Waals surface area contributed by atoms with E-state index in [-0.39, 0.29) is 11.7 Å². The Morgan fingerprint density at radius 3 is 2.52 bits per heavy atom. The highest BCUT2D eigenvalue weighted by atomic mass is 16.5. The van der Waals surface area contributed by atoms with Crippen LogP contribution >= 0.6 is 0 Å². The number of amides is 1. The lowest BCUT2D eigenvalue weighted by Gasteiger charge is -2.02. The fourth-order valence-electron chi connectivity index (χ4n) is 1.91. The average molecular weight is 335 g/mol. The third kappa shape index (κ3) is 4.38. The van der Waals surface area contributed by atoms with Crippen LogP contribution in [0, 0.1) is 0 Å². The lowest BCUT2D eigenvalue weighted by atomic mass is 10.2. The fourth-order valence-corrected chi connectivity index (χ4v) is 1.91. The first kappa shape index (κ1) is 16.1. The van der Waals surface area contributed by atoms with E-state index in [4.69, 9.17) is 9.15 Å². The van der Waals surface area contributed by atoms with Crippen molar-refractivity contribution in [2.45, 2.75) is 0 Å². The normalized spacial score (nSPS) is 10.6. The Morgan fingerprint density at radius 2 is 1.84 bits per heavy atom. The van der Waals surface area contributed by atoms with E-state index in [9.17, 15) is 9.59 Å². The lowest BCUT2D eigenvalue weighted by molar-refractivity contribution is 0.0701. The quantitative estimate of drug-likeness (QED) is 0.335. The lowest BCUT2D eigenvalue weighted by Crippen LogP contribution is -2.17. The molecule has 0 saturated heterocycles. The summed E-state index contributed by atoms with van der Waals surface area (Å²) < 4.78 is 10.1. The number of carbonyl (C=O) groups is 2. The molecule has 2 aromatic heterocycles. The van der Waals surface area contributed by atoms with Gasteiger partial charge in [-0.1, -0.05) is 0 Å². The molecule has 0 unspecified atom stereocenters. The number of esters is 1. The second kappa shape index (κ2) is 7.69. The van der Waals surface area contributed by atoms with E-state index in [1.165, 1.54) is 30.9 Å². The molecule has 0 aliphatic rings. The van der Waals surface area contributed by atoms with Crippen LogP contribution < -0.4 is 10.2 Å². The van der Waals surface area contributed by atoms with Gasteiger partial charge in [0.1, 0.15) is 5.75 Å². The van der Waals surface area contributed by atoms with Gasteiger partial charge >= 0.3 is 5.97 Å². The van der Waals surface area contributed by atoms with Gasteiger partial charge in [0.25, 0.3) is 5.91 Å². The van der Waals surface area contributed by atoms with Crippen molar-refractivity contribution >= 4 is 18.1 Å². The topological polar surface area (TPSA) is 93.8 Å². The molecule has 3 aromatic rings. The number of rotatable bonds is 5. The summed E-state index contributed by atoms with van der Waals surface area (Å²) in [6.45, 7) is 0. The van der Waals surface area contributed by atoms with Crippen LogP contribution in [0.15, 0.2) is 76.7 Å². The summed E-state index contributed by atoms with van der Waals surface area (Å²) in [5.41, 5.74) is 3.61. The molecule has 1 amide bonds. The van der Waals surface area contributed by atoms with Crippen molar-refractivity contribution in [2.75, 3.05) is 0 Å². The minimum absolute atomic E-state index is 0.129. The van der Waals surface area contributed by atoms with Crippen LogP contribution in [-0.4, -0.2) is 23.1 Å². The zero-order valence-electron chi connectivity index (χ0n) is 13.0. The van der Waals surface area contributed by atoms with Gasteiger partial charge in [-0.05, 0) is 54.1 Å². The molecule has 0 aliphatic carbocycles. The summed E-state index contributed by atoms with van der Waals surface area (Å²) >= 11 is 0. The highest BCUT2D eigenvalue weighted by Crippen LogP contribution is 2.13. The Kier molecular flexibility index (Phi) is 4.96. The maximum Gasteiger partial charge on any atom is 0.379 e. The van der Waals surface area contributed by atoms with Gasteiger partial charge < -0.3 is 9.15 Å². The fraction of sp³-hybridized carbons (Fsp3) is 0. The Labute approximate surface area is 143 Å². The Bertz CT molecular complexity index is 872. The first-order chi connectivity index (χ1) is 12.2. The molecule has 0 fully saturated rings. The maximum atomic E-state index is 11.8. The number of carbonyl (C=O) groups excluding carboxylic acids is 2. The van der Waals surface area contributed by atoms with E-state index in [1.54, 1.807) is 42.5 Å². The third-order valence-corrected chi connectivity index (χ3v) is 3.14. The van der Waals surface area contributed by atoms with Crippen molar-refractivity contribution in [1.82, 2.24) is 10.4 Å². The molecule has 7 heteroatoms. The highest BCUT2D eigenvalue weighted by Gasteiger charge is 2.10. The minimum Gasteiger partial charge on any atom is -0.457 e. The SMILES string of the molecule is O=C(N/N=C/c1ccc(OC(=O)c2ccco2)cc1)c1ccncc1. The maximum absolute atomic E-state index is 11.8. The number of benzene rings is 1. The van der Waals surface area contributed by atoms with Gasteiger partial charge in [-0.15, -0.1) is 0 Å². The van der Waals surface area contributed by atoms with Crippen LogP contribution in [-0.2, 0) is 0 Å². The molecule has 0 aliphatic heterocycles. The zero-order valence-corrected chi connectivity index (χ0v) is 13.0. The monoisotopic (exact) mass is 335 g/mol. The molecular weight excluding hydrogens is 322 g/mol. The molecule has 2 heterocycles. The van der Waals surface area contributed by atoms with Crippen molar-refractivity contribution in [3.8, 4) is 5.75 Å². The van der Waals surface area contributed by atoms with Crippen molar-refractivity contribution < 1.29 is 18.7 Å². The van der Waals surface area contributed by atoms with Crippen LogP contribution in [0.1, 0.15) is 26.5 Å². The second-order valence-corrected chi connectivity index (χ2v) is 4.87. The molecule has 0 saturated carbocycles. The molecule has 25 heavy (non-hydrogen) atoms. The number of aromatic nitrogens is 1. The summed E-state index contributed by atoms with van der Waals surface area (Å²) in [7, 11) is 0. The van der Waals surface area contributed by atoms with E-state index in [0.717, 1.165) is 5.56 Å². The summed E-state index contributed by atoms with van der Waals surface area (Å²) in [5, 5.41) is 3.88. The number of furan rings is 1. The van der Waals surface area contributed by atoms with Gasteiger partial charge in [0.2, 0.25) is 5.76 Å². The molecule has 0 spiro atoms. The number of ether oxygens (including phenoxy) is 1. The minimum atomic E-state index is -0.573. The standard InChI is InChI=1S/C18H13N3O4/c22-17(14-7-9-19-10-8-14)21-20-12-13-3-5-15(6-4-13)25-18(23)16-2-1-11-24-16/h1-12H,(H,21,22)/b20-12+. The predicted molar refractivity (Wildman–Crippen MR) is 89.4 cm³/mol. The Morgan fingerprint density at radius 1 is 1.08 bits per heavy atom. The van der Waals surface area contributed by atoms with Gasteiger partial charge in [0.05, 0.1) is 12.5 Å². The van der Waals surface area contributed by atoms with E-state index >= 15 is 0 Å². The summed E-state index contributed by atoms with van der Waals surface area (Å²) in [6, 6.07) is 12.9. The Hall–Kier alpha value is -3.74. The van der Waals surface area contributed by atoms with Crippen molar-refractivity contribution in [3.63, 3.8) is 0 Å². The molecule has 0 atom stereocenters. The van der Waals surface area contributed by atoms with E-state index in [0.29, 0.717) is 11.3 Å². The van der Waals surface area contributed by atoms with Gasteiger partial charge in [-0.3, -0.25) is 9.78 Å². The number of nitrogens with zero attached hydrogens (tertiary/aromatic N) is 2. The van der Waals surface area contributed by atoms with E-state index < -0.39 is 5.97 Å². The van der Waals surface area contributed by atoms with Crippen molar-refractivity contribution in [1.29, 1.82) is 0 Å². The molecular formula is C18H13N3O4. The number of hydrogen-bond acceptors (Lipinski definition) is 6. The van der Waals surface area contributed by atoms with Gasteiger partial charge in [0.15, 0.2) is 0 Å². The highest BCUT2D eigenvalue weighted by molar-refractivity contribution is 5.94. The molecule has 1 aromatic carbocycles. The second-order valence-electron chi connectivity index (χ2n) is 4.87. The number of pyridine rings is 1. The van der Waals surface area contributed by atoms with Crippen LogP contribution in [0.2, 0.25) is 0 Å². The summed E-state index contributed by atoms with van der Waals surface area (Å²) in [6.07, 6.45) is 5.94. The van der Waals surface area contributed by atoms with Gasteiger partial charge in [0, 0.05) is 18.0 Å². The molecule has 124 valence electrons. The van der Waals surface area contributed by atoms with Crippen LogP contribution in [0.5, 0.6) is 5.75 Å². The van der Waals surface area contributed by atoms with E-state index in [2.05, 4.69) is 15.5 Å². The number of hydrazone groups is 1. The third-order valence-electron chi connectivity index (χ3n) is 3.14. The molecule has 0 radical (unpaired) electrons. The Balaban J connectivity index is 1.55. The largest absolute Gasteiger partial charge is 0.457 e. The zero-order chi connectivity index (χ0) is 17.5. The number of nitrogens with one attached hydrogen (secondary N) is 1. The molecule has 7 nitrogen and oxygen atoms in total. The summed E-state index contributed by atoms with van der Waals surface area (Å²) in [5.74, 6) is -0.400. The van der Waals surface area contributed by atoms with Gasteiger partial charge in [-0.2, -0.15) is 5.10 Å². The van der Waals surface area contributed by atoms with Crippen LogP contribution in [0.25, 0.3) is 0 Å². The first-order valence-corrected chi connectivity index (χ1v) is 7.31. The van der Waals surface area contributed by atoms with Crippen LogP contribution in [0.4, 0.5) is 0 Å². The summed E-state index contributed by atoms with van der Waals surface area (Å²) in [4.78, 5) is 27.4. The first-order valence-electron chi connectivity index (χ1n) is 7.31. The molecule has 0 bridgehead atoms. The van der Waals surface area contributed by atoms with E-state index in [1.807, 2.05) is 0 Å². The molecule has 3 rings (SSSR count). The van der Waals surface area contributed by atoms with Crippen molar-refractivity contribution in [2.24, 2.45) is 5.10 Å². The smallest absolute Gasteiger partial charge is 0.379 e. The van der Waals surface area contributed by atoms with Crippen LogP contribution in [0.3, 0.4) is 0 Å². The number of hydrogen-bond donors (Lipinski definition) is 1. The molecule has 1 N–H and O–H groups in total.